The second kappa shape index (κ2) is 7.39. The summed E-state index contributed by atoms with van der Waals surface area (Å²) in [5, 5.41) is 18.4. The Morgan fingerprint density at radius 2 is 2.00 bits per heavy atom. The molecule has 0 unspecified atom stereocenters. The second-order valence-electron chi connectivity index (χ2n) is 6.21. The van der Waals surface area contributed by atoms with E-state index in [-0.39, 0.29) is 11.7 Å². The third-order valence-corrected chi connectivity index (χ3v) is 4.15. The van der Waals surface area contributed by atoms with Gasteiger partial charge >= 0.3 is 0 Å². The molecule has 9 heteroatoms. The normalized spacial score (nSPS) is 10.8. The molecule has 0 saturated heterocycles. The van der Waals surface area contributed by atoms with Gasteiger partial charge in [-0.15, -0.1) is 5.10 Å². The van der Waals surface area contributed by atoms with Crippen LogP contribution in [0.4, 0.5) is 10.1 Å². The Bertz CT molecular complexity index is 1120. The lowest BCUT2D eigenvalue weighted by Gasteiger charge is -2.05. The smallest absolute Gasteiger partial charge is 0.255 e. The average molecular weight is 377 g/mol. The minimum Gasteiger partial charge on any atom is -0.319 e. The molecule has 1 amide bonds. The van der Waals surface area contributed by atoms with Crippen LogP contribution < -0.4 is 5.32 Å². The van der Waals surface area contributed by atoms with Crippen LogP contribution in [0.5, 0.6) is 0 Å². The van der Waals surface area contributed by atoms with Crippen LogP contribution in [-0.4, -0.2) is 35.9 Å². The minimum atomic E-state index is -0.281. The van der Waals surface area contributed by atoms with Crippen LogP contribution in [0.3, 0.4) is 0 Å². The SMILES string of the molecule is Cn1nnnc1-c1cccc(C(=O)Nc2cnn(Cc3ccc(F)cc3)c2)c1. The molecule has 0 radical (unpaired) electrons. The minimum absolute atomic E-state index is 0.265. The van der Waals surface area contributed by atoms with Crippen molar-refractivity contribution in [1.82, 2.24) is 30.0 Å². The number of carbonyl (C=O) groups is 1. The van der Waals surface area contributed by atoms with E-state index in [1.54, 1.807) is 54.5 Å². The van der Waals surface area contributed by atoms with Crippen LogP contribution in [0.25, 0.3) is 11.4 Å². The van der Waals surface area contributed by atoms with Gasteiger partial charge in [-0.3, -0.25) is 9.48 Å². The second-order valence-corrected chi connectivity index (χ2v) is 6.21. The number of rotatable bonds is 5. The maximum absolute atomic E-state index is 13.0. The Morgan fingerprint density at radius 3 is 2.75 bits per heavy atom. The van der Waals surface area contributed by atoms with E-state index in [0.717, 1.165) is 11.1 Å². The number of aromatic nitrogens is 6. The molecule has 0 saturated carbocycles. The molecule has 0 atom stereocenters. The van der Waals surface area contributed by atoms with E-state index in [2.05, 4.69) is 25.9 Å². The van der Waals surface area contributed by atoms with Crippen molar-refractivity contribution >= 4 is 11.6 Å². The molecule has 0 aliphatic carbocycles. The first-order valence-corrected chi connectivity index (χ1v) is 8.49. The number of carbonyl (C=O) groups excluding carboxylic acids is 1. The lowest BCUT2D eigenvalue weighted by molar-refractivity contribution is 0.102. The maximum Gasteiger partial charge on any atom is 0.255 e. The fourth-order valence-corrected chi connectivity index (χ4v) is 2.77. The summed E-state index contributed by atoms with van der Waals surface area (Å²) in [5.74, 6) is 0.0246. The zero-order valence-electron chi connectivity index (χ0n) is 15.0. The van der Waals surface area contributed by atoms with Gasteiger partial charge in [-0.2, -0.15) is 5.10 Å². The quantitative estimate of drug-likeness (QED) is 0.577. The van der Waals surface area contributed by atoms with E-state index in [9.17, 15) is 9.18 Å². The molecule has 28 heavy (non-hydrogen) atoms. The van der Waals surface area contributed by atoms with Crippen molar-refractivity contribution in [2.24, 2.45) is 7.05 Å². The third kappa shape index (κ3) is 3.78. The Kier molecular flexibility index (Phi) is 4.63. The van der Waals surface area contributed by atoms with Gasteiger partial charge in [0.2, 0.25) is 0 Å². The van der Waals surface area contributed by atoms with Gasteiger partial charge in [-0.25, -0.2) is 9.07 Å². The predicted molar refractivity (Wildman–Crippen MR) is 99.9 cm³/mol. The molecular formula is C19H16FN7O. The van der Waals surface area contributed by atoms with Crippen molar-refractivity contribution in [2.45, 2.75) is 6.54 Å². The van der Waals surface area contributed by atoms with E-state index in [4.69, 9.17) is 0 Å². The van der Waals surface area contributed by atoms with Crippen molar-refractivity contribution in [3.8, 4) is 11.4 Å². The molecule has 2 heterocycles. The van der Waals surface area contributed by atoms with E-state index in [0.29, 0.717) is 23.6 Å². The molecule has 4 rings (SSSR count). The Morgan fingerprint density at radius 1 is 1.18 bits per heavy atom. The summed E-state index contributed by atoms with van der Waals surface area (Å²) >= 11 is 0. The largest absolute Gasteiger partial charge is 0.319 e. The van der Waals surface area contributed by atoms with Crippen molar-refractivity contribution < 1.29 is 9.18 Å². The van der Waals surface area contributed by atoms with E-state index in [1.807, 2.05) is 6.07 Å². The molecule has 2 aromatic carbocycles. The molecule has 8 nitrogen and oxygen atoms in total. The maximum atomic E-state index is 13.0. The fraction of sp³-hybridized carbons (Fsp3) is 0.105. The monoisotopic (exact) mass is 377 g/mol. The molecule has 4 aromatic rings. The molecule has 0 fully saturated rings. The van der Waals surface area contributed by atoms with Crippen molar-refractivity contribution in [3.63, 3.8) is 0 Å². The topological polar surface area (TPSA) is 90.5 Å². The summed E-state index contributed by atoms with van der Waals surface area (Å²) in [4.78, 5) is 12.6. The molecular weight excluding hydrogens is 361 g/mol. The number of hydrogen-bond acceptors (Lipinski definition) is 5. The molecule has 0 bridgehead atoms. The fourth-order valence-electron chi connectivity index (χ4n) is 2.77. The number of halogens is 1. The number of nitrogens with zero attached hydrogens (tertiary/aromatic N) is 6. The number of amides is 1. The molecule has 1 N–H and O–H groups in total. The highest BCUT2D eigenvalue weighted by atomic mass is 19.1. The summed E-state index contributed by atoms with van der Waals surface area (Å²) in [6.45, 7) is 0.477. The zero-order chi connectivity index (χ0) is 19.5. The number of benzene rings is 2. The van der Waals surface area contributed by atoms with Crippen molar-refractivity contribution in [1.29, 1.82) is 0 Å². The Labute approximate surface area is 159 Å². The highest BCUT2D eigenvalue weighted by Crippen LogP contribution is 2.18. The highest BCUT2D eigenvalue weighted by molar-refractivity contribution is 6.04. The summed E-state index contributed by atoms with van der Waals surface area (Å²) in [6, 6.07) is 13.3. The Hall–Kier alpha value is -3.88. The first kappa shape index (κ1) is 17.5. The molecule has 0 spiro atoms. The van der Waals surface area contributed by atoms with E-state index >= 15 is 0 Å². The van der Waals surface area contributed by atoms with Crippen LogP contribution in [0, 0.1) is 5.82 Å². The van der Waals surface area contributed by atoms with E-state index in [1.165, 1.54) is 16.8 Å². The zero-order valence-corrected chi connectivity index (χ0v) is 15.0. The first-order valence-electron chi connectivity index (χ1n) is 8.49. The molecule has 140 valence electrons. The van der Waals surface area contributed by atoms with Gasteiger partial charge in [0, 0.05) is 24.4 Å². The highest BCUT2D eigenvalue weighted by Gasteiger charge is 2.12. The van der Waals surface area contributed by atoms with Gasteiger partial charge in [0.1, 0.15) is 5.82 Å². The summed E-state index contributed by atoms with van der Waals surface area (Å²) in [6.07, 6.45) is 3.29. The van der Waals surface area contributed by atoms with Crippen LogP contribution in [0.2, 0.25) is 0 Å². The van der Waals surface area contributed by atoms with Gasteiger partial charge in [-0.05, 0) is 40.3 Å². The van der Waals surface area contributed by atoms with Gasteiger partial charge in [0.05, 0.1) is 18.4 Å². The summed E-state index contributed by atoms with van der Waals surface area (Å²) < 4.78 is 16.2. The molecule has 2 aromatic heterocycles. The molecule has 0 aliphatic heterocycles. The van der Waals surface area contributed by atoms with Crippen molar-refractivity contribution in [2.75, 3.05) is 5.32 Å². The van der Waals surface area contributed by atoms with Crippen molar-refractivity contribution in [3.05, 3.63) is 77.9 Å². The number of anilines is 1. The number of nitrogens with one attached hydrogen (secondary N) is 1. The van der Waals surface area contributed by atoms with Crippen LogP contribution >= 0.6 is 0 Å². The average Bonchev–Trinajstić information content (AvgIpc) is 3.32. The standard InChI is InChI=1S/C19H16FN7O/c1-26-18(23-24-25-26)14-3-2-4-15(9-14)19(28)22-17-10-21-27(12-17)11-13-5-7-16(20)8-6-13/h2-10,12H,11H2,1H3,(H,22,28). The predicted octanol–water partition coefficient (Wildman–Crippen LogP) is 2.51. The lowest BCUT2D eigenvalue weighted by atomic mass is 10.1. The number of hydrogen-bond donors (Lipinski definition) is 1. The first-order chi connectivity index (χ1) is 13.6. The van der Waals surface area contributed by atoms with Gasteiger partial charge in [-0.1, -0.05) is 24.3 Å². The molecule has 0 aliphatic rings. The van der Waals surface area contributed by atoms with E-state index < -0.39 is 0 Å². The Balaban J connectivity index is 1.46. The van der Waals surface area contributed by atoms with Crippen LogP contribution in [0.1, 0.15) is 15.9 Å². The van der Waals surface area contributed by atoms with Gasteiger partial charge < -0.3 is 5.32 Å². The summed E-state index contributed by atoms with van der Waals surface area (Å²) in [5.41, 5.74) is 2.70. The van der Waals surface area contributed by atoms with Crippen LogP contribution in [0.15, 0.2) is 60.9 Å². The lowest BCUT2D eigenvalue weighted by Crippen LogP contribution is -2.11. The van der Waals surface area contributed by atoms with Gasteiger partial charge in [0.25, 0.3) is 5.91 Å². The number of tetrazole rings is 1. The summed E-state index contributed by atoms with van der Waals surface area (Å²) in [7, 11) is 1.73. The van der Waals surface area contributed by atoms with Gasteiger partial charge in [0.15, 0.2) is 5.82 Å². The van der Waals surface area contributed by atoms with Crippen LogP contribution in [-0.2, 0) is 13.6 Å². The third-order valence-electron chi connectivity index (χ3n) is 4.15. The number of aryl methyl sites for hydroxylation is 1.